The van der Waals surface area contributed by atoms with Crippen LogP contribution in [-0.2, 0) is 0 Å². The maximum Gasteiger partial charge on any atom is 0.124 e. The van der Waals surface area contributed by atoms with Gasteiger partial charge in [0.2, 0.25) is 0 Å². The molecule has 4 heteroatoms. The van der Waals surface area contributed by atoms with Crippen LogP contribution in [-0.4, -0.2) is 18.8 Å². The second-order valence-electron chi connectivity index (χ2n) is 2.97. The van der Waals surface area contributed by atoms with Crippen LogP contribution in [0, 0.1) is 0 Å². The molecule has 1 aromatic rings. The highest BCUT2D eigenvalue weighted by molar-refractivity contribution is 9.10. The molecule has 0 bridgehead atoms. The van der Waals surface area contributed by atoms with Crippen molar-refractivity contribution >= 4 is 15.9 Å². The third-order valence-electron chi connectivity index (χ3n) is 2.04. The van der Waals surface area contributed by atoms with Gasteiger partial charge >= 0.3 is 0 Å². The minimum Gasteiger partial charge on any atom is -0.496 e. The fourth-order valence-electron chi connectivity index (χ4n) is 1.34. The summed E-state index contributed by atoms with van der Waals surface area (Å²) in [6, 6.07) is 5.45. The number of halogens is 1. The van der Waals surface area contributed by atoms with Crippen molar-refractivity contribution in [2.75, 3.05) is 13.7 Å². The number of ether oxygens (including phenoxy) is 1. The summed E-state index contributed by atoms with van der Waals surface area (Å²) in [5.41, 5.74) is 6.82. The van der Waals surface area contributed by atoms with E-state index in [-0.39, 0.29) is 12.6 Å². The zero-order valence-electron chi connectivity index (χ0n) is 8.03. The standard InChI is InChI=1S/C10H14BrNO2/c1-14-9-4-2-3-7(11)10(9)8(12)5-6-13/h2-4,8,13H,5-6,12H2,1H3. The lowest BCUT2D eigenvalue weighted by Gasteiger charge is -2.16. The molecular weight excluding hydrogens is 246 g/mol. The van der Waals surface area contributed by atoms with Gasteiger partial charge in [0.1, 0.15) is 5.75 Å². The van der Waals surface area contributed by atoms with Crippen molar-refractivity contribution in [3.63, 3.8) is 0 Å². The lowest BCUT2D eigenvalue weighted by Crippen LogP contribution is -2.13. The Morgan fingerprint density at radius 1 is 1.57 bits per heavy atom. The smallest absolute Gasteiger partial charge is 0.124 e. The van der Waals surface area contributed by atoms with Crippen molar-refractivity contribution in [3.8, 4) is 5.75 Å². The van der Waals surface area contributed by atoms with E-state index in [1.807, 2.05) is 18.2 Å². The Balaban J connectivity index is 3.03. The highest BCUT2D eigenvalue weighted by Gasteiger charge is 2.14. The van der Waals surface area contributed by atoms with E-state index >= 15 is 0 Å². The number of aliphatic hydroxyl groups excluding tert-OH is 1. The third kappa shape index (κ3) is 2.47. The SMILES string of the molecule is COc1cccc(Br)c1C(N)CCO. The zero-order chi connectivity index (χ0) is 10.6. The average Bonchev–Trinajstić information content (AvgIpc) is 2.17. The highest BCUT2D eigenvalue weighted by atomic mass is 79.9. The molecular formula is C10H14BrNO2. The Bertz CT molecular complexity index is 304. The van der Waals surface area contributed by atoms with Crippen LogP contribution in [0.4, 0.5) is 0 Å². The molecule has 0 aliphatic heterocycles. The second kappa shape index (κ2) is 5.34. The van der Waals surface area contributed by atoms with Crippen molar-refractivity contribution < 1.29 is 9.84 Å². The molecule has 1 atom stereocenters. The Kier molecular flexibility index (Phi) is 4.38. The molecule has 0 saturated heterocycles. The first-order valence-electron chi connectivity index (χ1n) is 4.39. The maximum atomic E-state index is 8.82. The molecule has 78 valence electrons. The van der Waals surface area contributed by atoms with Crippen LogP contribution >= 0.6 is 15.9 Å². The molecule has 1 rings (SSSR count). The Labute approximate surface area is 92.0 Å². The van der Waals surface area contributed by atoms with Gasteiger partial charge in [-0.25, -0.2) is 0 Å². The summed E-state index contributed by atoms with van der Waals surface area (Å²) < 4.78 is 6.12. The summed E-state index contributed by atoms with van der Waals surface area (Å²) in [7, 11) is 1.61. The van der Waals surface area contributed by atoms with E-state index in [9.17, 15) is 0 Å². The summed E-state index contributed by atoms with van der Waals surface area (Å²) in [5, 5.41) is 8.82. The van der Waals surface area contributed by atoms with Crippen LogP contribution in [0.5, 0.6) is 5.75 Å². The maximum absolute atomic E-state index is 8.82. The number of methoxy groups -OCH3 is 1. The molecule has 14 heavy (non-hydrogen) atoms. The number of nitrogens with two attached hydrogens (primary N) is 1. The molecule has 0 amide bonds. The molecule has 3 nitrogen and oxygen atoms in total. The molecule has 0 aliphatic rings. The quantitative estimate of drug-likeness (QED) is 0.868. The van der Waals surface area contributed by atoms with E-state index in [1.54, 1.807) is 7.11 Å². The van der Waals surface area contributed by atoms with Crippen molar-refractivity contribution in [2.24, 2.45) is 5.73 Å². The van der Waals surface area contributed by atoms with Crippen LogP contribution in [0.3, 0.4) is 0 Å². The minimum absolute atomic E-state index is 0.0751. The lowest BCUT2D eigenvalue weighted by molar-refractivity contribution is 0.275. The molecule has 0 fully saturated rings. The average molecular weight is 260 g/mol. The van der Waals surface area contributed by atoms with E-state index in [2.05, 4.69) is 15.9 Å². The van der Waals surface area contributed by atoms with Gasteiger partial charge in [-0.3, -0.25) is 0 Å². The first-order chi connectivity index (χ1) is 6.70. The fourth-order valence-corrected chi connectivity index (χ4v) is 1.98. The lowest BCUT2D eigenvalue weighted by atomic mass is 10.0. The number of aliphatic hydroxyl groups is 1. The summed E-state index contributed by atoms with van der Waals surface area (Å²) >= 11 is 3.42. The van der Waals surface area contributed by atoms with Gasteiger partial charge < -0.3 is 15.6 Å². The van der Waals surface area contributed by atoms with Crippen molar-refractivity contribution in [1.82, 2.24) is 0 Å². The molecule has 0 heterocycles. The van der Waals surface area contributed by atoms with Crippen LogP contribution < -0.4 is 10.5 Å². The molecule has 0 saturated carbocycles. The summed E-state index contributed by atoms with van der Waals surface area (Å²) in [4.78, 5) is 0. The normalized spacial score (nSPS) is 12.6. The summed E-state index contributed by atoms with van der Waals surface area (Å²) in [5.74, 6) is 0.750. The second-order valence-corrected chi connectivity index (χ2v) is 3.83. The first-order valence-corrected chi connectivity index (χ1v) is 5.18. The topological polar surface area (TPSA) is 55.5 Å². The van der Waals surface area contributed by atoms with Crippen molar-refractivity contribution in [3.05, 3.63) is 28.2 Å². The first kappa shape index (κ1) is 11.5. The van der Waals surface area contributed by atoms with E-state index in [0.29, 0.717) is 6.42 Å². The van der Waals surface area contributed by atoms with E-state index in [1.165, 1.54) is 0 Å². The fraction of sp³-hybridized carbons (Fsp3) is 0.400. The zero-order valence-corrected chi connectivity index (χ0v) is 9.62. The van der Waals surface area contributed by atoms with Gasteiger partial charge in [0.05, 0.1) is 7.11 Å². The predicted molar refractivity (Wildman–Crippen MR) is 59.3 cm³/mol. The van der Waals surface area contributed by atoms with Gasteiger partial charge in [0, 0.05) is 22.7 Å². The number of hydrogen-bond acceptors (Lipinski definition) is 3. The molecule has 0 spiro atoms. The monoisotopic (exact) mass is 259 g/mol. The highest BCUT2D eigenvalue weighted by Crippen LogP contribution is 2.32. The van der Waals surface area contributed by atoms with Crippen LogP contribution in [0.25, 0.3) is 0 Å². The van der Waals surface area contributed by atoms with Crippen LogP contribution in [0.1, 0.15) is 18.0 Å². The Hall–Kier alpha value is -0.580. The molecule has 1 unspecified atom stereocenters. The van der Waals surface area contributed by atoms with Crippen LogP contribution in [0.2, 0.25) is 0 Å². The Morgan fingerprint density at radius 2 is 2.29 bits per heavy atom. The molecule has 3 N–H and O–H groups in total. The molecule has 0 aromatic heterocycles. The molecule has 0 radical (unpaired) electrons. The Morgan fingerprint density at radius 3 is 2.86 bits per heavy atom. The van der Waals surface area contributed by atoms with E-state index in [4.69, 9.17) is 15.6 Å². The minimum atomic E-state index is -0.203. The molecule has 1 aromatic carbocycles. The van der Waals surface area contributed by atoms with Gasteiger partial charge in [-0.1, -0.05) is 22.0 Å². The predicted octanol–water partition coefficient (Wildman–Crippen LogP) is 1.84. The summed E-state index contributed by atoms with van der Waals surface area (Å²) in [6.45, 7) is 0.0751. The van der Waals surface area contributed by atoms with Gasteiger partial charge in [-0.15, -0.1) is 0 Å². The summed E-state index contributed by atoms with van der Waals surface area (Å²) in [6.07, 6.45) is 0.527. The van der Waals surface area contributed by atoms with Gasteiger partial charge in [-0.2, -0.15) is 0 Å². The third-order valence-corrected chi connectivity index (χ3v) is 2.74. The van der Waals surface area contributed by atoms with Gasteiger partial charge in [-0.05, 0) is 18.6 Å². The number of rotatable bonds is 4. The molecule has 0 aliphatic carbocycles. The van der Waals surface area contributed by atoms with Crippen LogP contribution in [0.15, 0.2) is 22.7 Å². The van der Waals surface area contributed by atoms with Crippen molar-refractivity contribution in [2.45, 2.75) is 12.5 Å². The number of hydrogen-bond donors (Lipinski definition) is 2. The number of benzene rings is 1. The van der Waals surface area contributed by atoms with E-state index < -0.39 is 0 Å². The van der Waals surface area contributed by atoms with Crippen molar-refractivity contribution in [1.29, 1.82) is 0 Å². The van der Waals surface area contributed by atoms with Gasteiger partial charge in [0.25, 0.3) is 0 Å². The van der Waals surface area contributed by atoms with E-state index in [0.717, 1.165) is 15.8 Å². The van der Waals surface area contributed by atoms with Gasteiger partial charge in [0.15, 0.2) is 0 Å². The largest absolute Gasteiger partial charge is 0.496 e.